The Morgan fingerprint density at radius 1 is 0.489 bits per heavy atom. The van der Waals surface area contributed by atoms with Crippen molar-refractivity contribution in [3.8, 4) is 0 Å². The molecule has 9 aromatic rings. The van der Waals surface area contributed by atoms with Crippen molar-refractivity contribution in [1.82, 2.24) is 88.1 Å². The molecule has 0 aliphatic heterocycles. The normalized spacial score (nSPS) is 25.7. The van der Waals surface area contributed by atoms with Crippen molar-refractivity contribution in [3.63, 3.8) is 0 Å². The summed E-state index contributed by atoms with van der Waals surface area (Å²) < 4.78 is 7.55. The summed E-state index contributed by atoms with van der Waals surface area (Å²) in [6, 6.07) is -2.77. The van der Waals surface area contributed by atoms with E-state index in [1.807, 2.05) is 21.5 Å². The summed E-state index contributed by atoms with van der Waals surface area (Å²) in [5.41, 5.74) is 4.02. The highest BCUT2D eigenvalue weighted by atomic mass is 16.3. The number of anilines is 6. The number of imidazole rings is 4. The number of nitrogens with one attached hydrogen (secondary N) is 6. The molecular formula is C56H74N24O8. The number of rotatable bonds is 24. The van der Waals surface area contributed by atoms with Crippen LogP contribution in [0.4, 0.5) is 34.9 Å². The smallest absolute Gasteiger partial charge is 0.253 e. The molecule has 4 aliphatic carbocycles. The Balaban J connectivity index is 0.649. The van der Waals surface area contributed by atoms with Crippen LogP contribution in [0.3, 0.4) is 0 Å². The van der Waals surface area contributed by atoms with Gasteiger partial charge in [-0.1, -0.05) is 0 Å². The predicted molar refractivity (Wildman–Crippen MR) is 320 cm³/mol. The summed E-state index contributed by atoms with van der Waals surface area (Å²) in [5.74, 6) is 1.71. The quantitative estimate of drug-likeness (QED) is 0.0375. The lowest BCUT2D eigenvalue weighted by molar-refractivity contribution is 0.00491. The van der Waals surface area contributed by atoms with E-state index in [0.29, 0.717) is 146 Å². The second kappa shape index (κ2) is 24.9. The molecule has 8 atom stereocenters. The van der Waals surface area contributed by atoms with Gasteiger partial charge in [-0.25, -0.2) is 19.9 Å². The van der Waals surface area contributed by atoms with Crippen molar-refractivity contribution in [1.29, 1.82) is 0 Å². The van der Waals surface area contributed by atoms with Crippen molar-refractivity contribution in [2.24, 2.45) is 0 Å². The van der Waals surface area contributed by atoms with Gasteiger partial charge in [0.15, 0.2) is 34.0 Å². The van der Waals surface area contributed by atoms with Crippen molar-refractivity contribution < 1.29 is 30.6 Å². The summed E-state index contributed by atoms with van der Waals surface area (Å²) in [6.45, 7) is 6.10. The summed E-state index contributed by atoms with van der Waals surface area (Å²) >= 11 is 0. The van der Waals surface area contributed by atoms with Crippen LogP contribution in [0.2, 0.25) is 0 Å². The maximum atomic E-state index is 13.2. The molecule has 32 nitrogen and oxygen atoms in total. The van der Waals surface area contributed by atoms with Crippen LogP contribution in [-0.2, 0) is 39.1 Å². The van der Waals surface area contributed by atoms with Crippen LogP contribution in [-0.4, -0.2) is 180 Å². The molecule has 12 N–H and O–H groups in total. The maximum Gasteiger partial charge on any atom is 0.253 e. The molecule has 466 valence electrons. The molecule has 0 unspecified atom stereocenters. The number of aryl methyl sites for hydroxylation is 2. The lowest BCUT2D eigenvalue weighted by atomic mass is 9.90. The predicted octanol–water partition coefficient (Wildman–Crippen LogP) is 0.958. The first-order valence-electron chi connectivity index (χ1n) is 30.5. The zero-order chi connectivity index (χ0) is 60.7. The first-order chi connectivity index (χ1) is 42.8. The number of aliphatic hydroxyl groups excluding tert-OH is 6. The second-order valence-corrected chi connectivity index (χ2v) is 23.6. The zero-order valence-corrected chi connectivity index (χ0v) is 48.8. The van der Waals surface area contributed by atoms with E-state index in [-0.39, 0.29) is 50.2 Å². The number of hydrogen-bond acceptors (Lipinski definition) is 26. The van der Waals surface area contributed by atoms with Crippen molar-refractivity contribution >= 4 is 57.2 Å². The number of fused-ring (bicyclic) bond motifs is 2. The summed E-state index contributed by atoms with van der Waals surface area (Å²) in [5, 5.41) is 102. The maximum absolute atomic E-state index is 13.2. The van der Waals surface area contributed by atoms with Crippen LogP contribution in [0, 0.1) is 0 Å². The highest BCUT2D eigenvalue weighted by molar-refractivity contribution is 5.85. The van der Waals surface area contributed by atoms with E-state index in [1.165, 1.54) is 22.0 Å². The number of aliphatic hydroxyl groups is 6. The van der Waals surface area contributed by atoms with E-state index >= 15 is 0 Å². The van der Waals surface area contributed by atoms with Gasteiger partial charge in [0.05, 0.1) is 74.4 Å². The van der Waals surface area contributed by atoms with Crippen LogP contribution in [0.25, 0.3) is 22.3 Å². The highest BCUT2D eigenvalue weighted by Crippen LogP contribution is 2.42. The van der Waals surface area contributed by atoms with Crippen LogP contribution in [0.1, 0.15) is 125 Å². The van der Waals surface area contributed by atoms with E-state index < -0.39 is 59.4 Å². The molecule has 4 saturated carbocycles. The average molecular weight is 1210 g/mol. The lowest BCUT2D eigenvalue weighted by Crippen LogP contribution is -2.43. The molecule has 0 radical (unpaired) electrons. The number of hydrogen-bond donors (Lipinski definition) is 12. The topological polar surface area (TPSA) is 412 Å². The Hall–Kier alpha value is -8.56. The van der Waals surface area contributed by atoms with Gasteiger partial charge >= 0.3 is 0 Å². The summed E-state index contributed by atoms with van der Waals surface area (Å²) in [7, 11) is 0. The molecule has 8 heterocycles. The molecule has 13 rings (SSSR count). The summed E-state index contributed by atoms with van der Waals surface area (Å²) in [6.07, 6.45) is 16.3. The van der Waals surface area contributed by atoms with E-state index in [9.17, 15) is 40.2 Å². The standard InChI is InChI=1S/C56H74N24O8/c1-3-75-21-33(59-25-75)13-15-57-55-69-51(43-53(71-55)77(27-61-43)37-17-39(47(85)45(37)83)79-63-19-35(23-81)73-79)67-31-9-5-29(6-10-31)65-41-42(50(88)49(41)87)66-30-7-11-32(12-8-30)68-52-44-54(72-56(70-52)58-16-14-34-22-76(4-2)26-60-34)78(28-62-44)38-18-40(48(86)46(38)84)80-64-20-36(24-82)74-80/h19-22,25-32,37-40,45-48,65-66,81-86H,3-18,23-24H2,1-2H3,(H2,57,67,69,71)(H2,58,68,70,72)/t29-,30-,31-,32-,37-,38-,39+,40+,45+,46+,47-,48-/m1/s1. The van der Waals surface area contributed by atoms with Crippen LogP contribution in [0.5, 0.6) is 0 Å². The Labute approximate surface area is 502 Å². The molecule has 88 heavy (non-hydrogen) atoms. The molecule has 0 bridgehead atoms. The van der Waals surface area contributed by atoms with Crippen LogP contribution in [0.15, 0.2) is 59.7 Å². The molecule has 32 heteroatoms. The molecule has 1 aromatic carbocycles. The zero-order valence-electron chi connectivity index (χ0n) is 48.8. The van der Waals surface area contributed by atoms with Gasteiger partial charge in [0, 0.05) is 75.6 Å². The third kappa shape index (κ3) is 11.6. The summed E-state index contributed by atoms with van der Waals surface area (Å²) in [4.78, 5) is 67.3. The minimum atomic E-state index is -1.20. The fraction of sp³-hybridized carbons (Fsp3) is 0.571. The minimum Gasteiger partial charge on any atom is -0.390 e. The monoisotopic (exact) mass is 1210 g/mol. The molecule has 8 aromatic heterocycles. The Morgan fingerprint density at radius 2 is 0.875 bits per heavy atom. The van der Waals surface area contributed by atoms with E-state index in [2.05, 4.69) is 76.1 Å². The Morgan fingerprint density at radius 3 is 1.24 bits per heavy atom. The first-order valence-corrected chi connectivity index (χ1v) is 30.5. The Bertz CT molecular complexity index is 3690. The van der Waals surface area contributed by atoms with Crippen LogP contribution >= 0.6 is 0 Å². The molecule has 0 spiro atoms. The van der Waals surface area contributed by atoms with E-state index in [4.69, 9.17) is 29.9 Å². The van der Waals surface area contributed by atoms with Gasteiger partial charge < -0.3 is 80.8 Å². The van der Waals surface area contributed by atoms with Gasteiger partial charge in [0.25, 0.3) is 10.9 Å². The van der Waals surface area contributed by atoms with Gasteiger partial charge in [-0.3, -0.25) is 9.59 Å². The van der Waals surface area contributed by atoms with Gasteiger partial charge in [-0.15, -0.1) is 0 Å². The van der Waals surface area contributed by atoms with Gasteiger partial charge in [-0.05, 0) is 78.1 Å². The molecule has 0 saturated heterocycles. The Kier molecular flexibility index (Phi) is 16.5. The average Bonchev–Trinajstić information content (AvgIpc) is 2.47. The minimum absolute atomic E-state index is 0.0229. The van der Waals surface area contributed by atoms with Gasteiger partial charge in [-0.2, -0.15) is 49.9 Å². The first kappa shape index (κ1) is 58.5. The molecule has 0 amide bonds. The molecule has 4 aliphatic rings. The van der Waals surface area contributed by atoms with Crippen LogP contribution < -0.4 is 42.8 Å². The number of aromatic nitrogens is 18. The van der Waals surface area contributed by atoms with Gasteiger partial charge in [0.2, 0.25) is 11.9 Å². The SMILES string of the molecule is CCn1cnc(CCNc2nc(N[C@H]3CC[C@H](Nc4c(N[C@H]5CC[C@H](Nc6nc(NCCc7cn(CC)cn7)nc7c6ncn7[C@@H]6C[C@H](n7ncc(CO)n7)[C@@H](O)[C@H]6O)CC5)c(=O)c4=O)CC3)c3ncn([C@@H]4C[C@H](n5ncc(CO)n5)[C@@H](O)[C@H]4O)c3n2)c1. The van der Waals surface area contributed by atoms with E-state index in [0.717, 1.165) is 24.5 Å². The second-order valence-electron chi connectivity index (χ2n) is 23.6. The molecular weight excluding hydrogens is 1140 g/mol. The number of nitrogens with zero attached hydrogens (tertiary/aromatic N) is 18. The lowest BCUT2D eigenvalue weighted by Gasteiger charge is -2.33. The van der Waals surface area contributed by atoms with Crippen molar-refractivity contribution in [2.75, 3.05) is 45.0 Å². The fourth-order valence-corrected chi connectivity index (χ4v) is 13.0. The van der Waals surface area contributed by atoms with Gasteiger partial charge in [0.1, 0.15) is 59.3 Å². The third-order valence-corrected chi connectivity index (χ3v) is 18.0. The van der Waals surface area contributed by atoms with Crippen molar-refractivity contribution in [2.45, 2.75) is 190 Å². The highest BCUT2D eigenvalue weighted by Gasteiger charge is 2.47. The largest absolute Gasteiger partial charge is 0.390 e. The molecule has 4 fully saturated rings. The van der Waals surface area contributed by atoms with Crippen molar-refractivity contribution in [3.05, 3.63) is 93.3 Å². The van der Waals surface area contributed by atoms with E-state index in [1.54, 1.807) is 34.4 Å². The fourth-order valence-electron chi connectivity index (χ4n) is 13.0. The third-order valence-electron chi connectivity index (χ3n) is 18.0.